The van der Waals surface area contributed by atoms with Gasteiger partial charge in [-0.15, -0.1) is 0 Å². The van der Waals surface area contributed by atoms with E-state index in [0.29, 0.717) is 17.9 Å². The number of aliphatic hydroxyl groups excluding tert-OH is 1. The van der Waals surface area contributed by atoms with Crippen LogP contribution in [0.2, 0.25) is 5.02 Å². The molecule has 168 valence electrons. The molecule has 3 aromatic rings. The number of aliphatic hydroxyl groups is 1. The number of amides is 1. The second kappa shape index (κ2) is 9.46. The highest BCUT2D eigenvalue weighted by Gasteiger charge is 2.45. The quantitative estimate of drug-likeness (QED) is 0.494. The van der Waals surface area contributed by atoms with Crippen molar-refractivity contribution in [2.24, 2.45) is 0 Å². The molecule has 5 nitrogen and oxygen atoms in total. The fourth-order valence-electron chi connectivity index (χ4n) is 3.99. The Bertz CT molecular complexity index is 1240. The summed E-state index contributed by atoms with van der Waals surface area (Å²) in [5.74, 6) is -2.12. The summed E-state index contributed by atoms with van der Waals surface area (Å²) >= 11 is 6.25. The number of nitrogens with zero attached hydrogens (tertiary/aromatic N) is 1. The predicted octanol–water partition coefficient (Wildman–Crippen LogP) is 5.59. The number of aryl methyl sites for hydroxylation is 1. The predicted molar refractivity (Wildman–Crippen MR) is 124 cm³/mol. The van der Waals surface area contributed by atoms with Crippen LogP contribution in [0.25, 0.3) is 0 Å². The Balaban J connectivity index is 1.76. The first-order chi connectivity index (χ1) is 15.9. The topological polar surface area (TPSA) is 66.8 Å². The Morgan fingerprint density at radius 1 is 1.09 bits per heavy atom. The Labute approximate surface area is 195 Å². The second-order valence-corrected chi connectivity index (χ2v) is 8.00. The maximum absolute atomic E-state index is 14.9. The molecule has 4 rings (SSSR count). The van der Waals surface area contributed by atoms with Gasteiger partial charge in [0.25, 0.3) is 5.91 Å². The van der Waals surface area contributed by atoms with E-state index in [2.05, 4.69) is 0 Å². The Kier molecular flexibility index (Phi) is 6.47. The van der Waals surface area contributed by atoms with E-state index >= 15 is 0 Å². The molecule has 1 atom stereocenters. The van der Waals surface area contributed by atoms with Gasteiger partial charge in [0, 0.05) is 17.7 Å². The lowest BCUT2D eigenvalue weighted by atomic mass is 9.92. The second-order valence-electron chi connectivity index (χ2n) is 7.59. The first-order valence-electron chi connectivity index (χ1n) is 10.3. The first kappa shape index (κ1) is 22.6. The van der Waals surface area contributed by atoms with E-state index in [0.717, 1.165) is 5.56 Å². The summed E-state index contributed by atoms with van der Waals surface area (Å²) in [6, 6.07) is 18.8. The smallest absolute Gasteiger partial charge is 0.294 e. The number of Topliss-reactive ketones (excluding diaryl/α,β-unsaturated/α-hetero) is 1. The molecule has 7 heteroatoms. The molecule has 1 heterocycles. The minimum atomic E-state index is -1.13. The molecule has 0 aliphatic carbocycles. The van der Waals surface area contributed by atoms with E-state index in [1.807, 2.05) is 30.3 Å². The van der Waals surface area contributed by atoms with Gasteiger partial charge < -0.3 is 9.84 Å². The number of ketones is 1. The molecule has 0 spiro atoms. The van der Waals surface area contributed by atoms with Crippen LogP contribution < -0.4 is 9.64 Å². The Hall–Kier alpha value is -3.64. The number of benzene rings is 3. The monoisotopic (exact) mass is 465 g/mol. The number of hydrogen-bond acceptors (Lipinski definition) is 4. The molecule has 0 radical (unpaired) electrons. The zero-order valence-electron chi connectivity index (χ0n) is 17.8. The average Bonchev–Trinajstić information content (AvgIpc) is 3.08. The van der Waals surface area contributed by atoms with E-state index in [-0.39, 0.29) is 22.6 Å². The van der Waals surface area contributed by atoms with Crippen LogP contribution in [0.4, 0.5) is 10.1 Å². The van der Waals surface area contributed by atoms with Gasteiger partial charge in [-0.2, -0.15) is 0 Å². The zero-order valence-corrected chi connectivity index (χ0v) is 18.6. The van der Waals surface area contributed by atoms with E-state index in [9.17, 15) is 19.1 Å². The lowest BCUT2D eigenvalue weighted by molar-refractivity contribution is -0.118. The number of halogens is 2. The highest BCUT2D eigenvalue weighted by atomic mass is 35.5. The average molecular weight is 466 g/mol. The van der Waals surface area contributed by atoms with E-state index in [1.54, 1.807) is 18.2 Å². The Morgan fingerprint density at radius 3 is 2.45 bits per heavy atom. The number of methoxy groups -OCH3 is 1. The van der Waals surface area contributed by atoms with Crippen LogP contribution in [0.1, 0.15) is 23.6 Å². The van der Waals surface area contributed by atoms with Gasteiger partial charge in [-0.3, -0.25) is 14.5 Å². The molecule has 1 unspecified atom stereocenters. The van der Waals surface area contributed by atoms with E-state index in [4.69, 9.17) is 16.3 Å². The molecular formula is C26H21ClFNO4. The maximum atomic E-state index is 14.9. The molecule has 0 fully saturated rings. The van der Waals surface area contributed by atoms with E-state index < -0.39 is 29.3 Å². The molecule has 0 saturated carbocycles. The molecular weight excluding hydrogens is 445 g/mol. The molecule has 1 N–H and O–H groups in total. The minimum Gasteiger partial charge on any atom is -0.503 e. The third kappa shape index (κ3) is 4.34. The molecule has 0 bridgehead atoms. The molecule has 1 aliphatic heterocycles. The van der Waals surface area contributed by atoms with Gasteiger partial charge in [-0.25, -0.2) is 4.39 Å². The SMILES string of the molecule is COc1ccc(N2C(=O)C(O)=C(C(=O)CCc3ccccc3)C2c2ccccc2F)cc1Cl. The van der Waals surface area contributed by atoms with Crippen LogP contribution in [-0.4, -0.2) is 23.9 Å². The van der Waals surface area contributed by atoms with Crippen LogP contribution in [-0.2, 0) is 16.0 Å². The number of rotatable bonds is 7. The summed E-state index contributed by atoms with van der Waals surface area (Å²) in [5.41, 5.74) is 1.21. The summed E-state index contributed by atoms with van der Waals surface area (Å²) in [6.07, 6.45) is 0.474. The van der Waals surface area contributed by atoms with Crippen LogP contribution in [0.3, 0.4) is 0 Å². The van der Waals surface area contributed by atoms with Crippen molar-refractivity contribution >= 4 is 29.0 Å². The molecule has 33 heavy (non-hydrogen) atoms. The third-order valence-electron chi connectivity index (χ3n) is 5.61. The first-order valence-corrected chi connectivity index (χ1v) is 10.7. The van der Waals surface area contributed by atoms with Crippen LogP contribution in [0, 0.1) is 5.82 Å². The maximum Gasteiger partial charge on any atom is 0.294 e. The number of carbonyl (C=O) groups excluding carboxylic acids is 2. The lowest BCUT2D eigenvalue weighted by Crippen LogP contribution is -2.31. The van der Waals surface area contributed by atoms with Crippen LogP contribution >= 0.6 is 11.6 Å². The number of hydrogen-bond donors (Lipinski definition) is 1. The number of anilines is 1. The third-order valence-corrected chi connectivity index (χ3v) is 5.90. The van der Waals surface area contributed by atoms with Crippen molar-refractivity contribution in [3.8, 4) is 5.75 Å². The molecule has 0 aromatic heterocycles. The van der Waals surface area contributed by atoms with Crippen molar-refractivity contribution in [3.05, 3.63) is 106 Å². The van der Waals surface area contributed by atoms with Gasteiger partial charge in [0.1, 0.15) is 11.6 Å². The van der Waals surface area contributed by atoms with Gasteiger partial charge in [0.05, 0.1) is 23.7 Å². The van der Waals surface area contributed by atoms with Gasteiger partial charge in [-0.05, 0) is 36.2 Å². The van der Waals surface area contributed by atoms with Crippen molar-refractivity contribution < 1.29 is 23.8 Å². The minimum absolute atomic E-state index is 0.0544. The van der Waals surface area contributed by atoms with E-state index in [1.165, 1.54) is 36.3 Å². The number of carbonyl (C=O) groups is 2. The van der Waals surface area contributed by atoms with Crippen LogP contribution in [0.15, 0.2) is 84.1 Å². The van der Waals surface area contributed by atoms with Crippen molar-refractivity contribution in [1.82, 2.24) is 0 Å². The van der Waals surface area contributed by atoms with Gasteiger partial charge >= 0.3 is 0 Å². The van der Waals surface area contributed by atoms with Crippen molar-refractivity contribution in [1.29, 1.82) is 0 Å². The summed E-state index contributed by atoms with van der Waals surface area (Å²) in [6.45, 7) is 0. The van der Waals surface area contributed by atoms with Crippen LogP contribution in [0.5, 0.6) is 5.75 Å². The number of ether oxygens (including phenoxy) is 1. The molecule has 3 aromatic carbocycles. The fourth-order valence-corrected chi connectivity index (χ4v) is 4.24. The van der Waals surface area contributed by atoms with Crippen molar-refractivity contribution in [2.45, 2.75) is 18.9 Å². The van der Waals surface area contributed by atoms with Crippen molar-refractivity contribution in [3.63, 3.8) is 0 Å². The van der Waals surface area contributed by atoms with Crippen molar-refractivity contribution in [2.75, 3.05) is 12.0 Å². The normalized spacial score (nSPS) is 15.8. The van der Waals surface area contributed by atoms with Gasteiger partial charge in [-0.1, -0.05) is 60.1 Å². The van der Waals surface area contributed by atoms with Gasteiger partial charge in [0.2, 0.25) is 0 Å². The zero-order chi connectivity index (χ0) is 23.5. The Morgan fingerprint density at radius 2 is 1.79 bits per heavy atom. The summed E-state index contributed by atoms with van der Waals surface area (Å²) in [5, 5.41) is 11.0. The molecule has 0 saturated heterocycles. The summed E-state index contributed by atoms with van der Waals surface area (Å²) in [7, 11) is 1.46. The fraction of sp³-hybridized carbons (Fsp3) is 0.154. The summed E-state index contributed by atoms with van der Waals surface area (Å²) < 4.78 is 20.0. The highest BCUT2D eigenvalue weighted by molar-refractivity contribution is 6.32. The largest absolute Gasteiger partial charge is 0.503 e. The van der Waals surface area contributed by atoms with Gasteiger partial charge in [0.15, 0.2) is 11.5 Å². The molecule has 1 aliphatic rings. The lowest BCUT2D eigenvalue weighted by Gasteiger charge is -2.27. The highest BCUT2D eigenvalue weighted by Crippen LogP contribution is 2.43. The molecule has 1 amide bonds. The standard InChI is InChI=1S/C26H21ClFNO4/c1-33-22-14-12-17(15-19(22)27)29-24(18-9-5-6-10-20(18)28)23(25(31)26(29)32)21(30)13-11-16-7-3-2-4-8-16/h2-10,12,14-15,24,31H,11,13H2,1H3. The summed E-state index contributed by atoms with van der Waals surface area (Å²) in [4.78, 5) is 27.6.